The summed E-state index contributed by atoms with van der Waals surface area (Å²) in [5, 5.41) is 12.5. The third-order valence-corrected chi connectivity index (χ3v) is 8.99. The fourth-order valence-corrected chi connectivity index (χ4v) is 6.62. The van der Waals surface area contributed by atoms with Crippen molar-refractivity contribution in [1.29, 1.82) is 0 Å². The summed E-state index contributed by atoms with van der Waals surface area (Å²) < 4.78 is 2.16. The number of aromatic nitrogens is 4. The number of anilines is 6. The molecule has 0 N–H and O–H groups in total. The Morgan fingerprint density at radius 3 is 1.92 bits per heavy atom. The smallest absolute Gasteiger partial charge is 0.169 e. The number of hydrogen-bond acceptors (Lipinski definition) is 5. The van der Waals surface area contributed by atoms with Gasteiger partial charge < -0.3 is 4.90 Å². The van der Waals surface area contributed by atoms with Crippen LogP contribution in [-0.2, 0) is 5.41 Å². The third kappa shape index (κ3) is 5.12. The molecule has 0 aliphatic carbocycles. The lowest BCUT2D eigenvalue weighted by Gasteiger charge is -2.29. The number of para-hydroxylation sites is 2. The van der Waals surface area contributed by atoms with Crippen LogP contribution in [0.5, 0.6) is 0 Å². The van der Waals surface area contributed by atoms with Crippen molar-refractivity contribution in [3.8, 4) is 0 Å². The minimum absolute atomic E-state index is 0.0628. The zero-order valence-corrected chi connectivity index (χ0v) is 27.5. The SMILES string of the molecule is Cc1nnc2c3cc(N(c4ccccc4)c4cccc(N(c5ccc(C(C)(C)C)cc5)c5ccccn5)c4)ccc3c3ccccc3n12. The molecule has 0 atom stereocenters. The molecule has 0 spiro atoms. The minimum Gasteiger partial charge on any atom is -0.310 e. The van der Waals surface area contributed by atoms with Crippen LogP contribution in [0.25, 0.3) is 27.3 Å². The number of benzene rings is 5. The summed E-state index contributed by atoms with van der Waals surface area (Å²) in [6.07, 6.45) is 1.84. The largest absolute Gasteiger partial charge is 0.310 e. The second kappa shape index (κ2) is 11.7. The summed E-state index contributed by atoms with van der Waals surface area (Å²) in [6, 6.07) is 49.2. The van der Waals surface area contributed by atoms with Gasteiger partial charge in [-0.25, -0.2) is 4.98 Å². The average Bonchev–Trinajstić information content (AvgIpc) is 3.51. The molecule has 0 aliphatic heterocycles. The number of nitrogens with zero attached hydrogens (tertiary/aromatic N) is 6. The van der Waals surface area contributed by atoms with Gasteiger partial charge in [-0.2, -0.15) is 0 Å². The van der Waals surface area contributed by atoms with Gasteiger partial charge in [-0.1, -0.05) is 87.5 Å². The highest BCUT2D eigenvalue weighted by atomic mass is 15.2. The molecular weight excluding hydrogens is 589 g/mol. The second-order valence-electron chi connectivity index (χ2n) is 13.2. The highest BCUT2D eigenvalue weighted by molar-refractivity contribution is 6.12. The summed E-state index contributed by atoms with van der Waals surface area (Å²) in [7, 11) is 0. The van der Waals surface area contributed by atoms with Crippen LogP contribution < -0.4 is 9.80 Å². The lowest BCUT2D eigenvalue weighted by molar-refractivity contribution is 0.590. The Balaban J connectivity index is 1.31. The Bertz CT molecular complexity index is 2390. The molecule has 0 radical (unpaired) electrons. The molecule has 3 heterocycles. The highest BCUT2D eigenvalue weighted by Crippen LogP contribution is 2.42. The maximum atomic E-state index is 4.78. The van der Waals surface area contributed by atoms with Gasteiger partial charge in [0.25, 0.3) is 0 Å². The molecule has 8 rings (SSSR count). The Kier molecular flexibility index (Phi) is 7.14. The summed E-state index contributed by atoms with van der Waals surface area (Å²) in [5.41, 5.74) is 8.48. The second-order valence-corrected chi connectivity index (χ2v) is 13.2. The maximum absolute atomic E-state index is 4.78. The van der Waals surface area contributed by atoms with Gasteiger partial charge in [0.1, 0.15) is 11.6 Å². The van der Waals surface area contributed by atoms with Crippen LogP contribution in [0.2, 0.25) is 0 Å². The Labute approximate surface area is 280 Å². The first-order valence-corrected chi connectivity index (χ1v) is 16.3. The molecule has 3 aromatic heterocycles. The molecule has 0 bridgehead atoms. The van der Waals surface area contributed by atoms with Gasteiger partial charge in [0.2, 0.25) is 0 Å². The molecular formula is C42H36N6. The lowest BCUT2D eigenvalue weighted by atomic mass is 9.87. The quantitative estimate of drug-likeness (QED) is 0.172. The maximum Gasteiger partial charge on any atom is 0.169 e. The van der Waals surface area contributed by atoms with Crippen molar-refractivity contribution in [1.82, 2.24) is 19.6 Å². The van der Waals surface area contributed by atoms with Crippen molar-refractivity contribution < 1.29 is 0 Å². The standard InChI is InChI=1S/C42H36N6/c1-29-44-45-41-38-28-35(24-25-36(38)37-17-8-9-18-39(37)46(29)41)47(31-13-6-5-7-14-31)33-15-12-16-34(27-33)48(40-19-10-11-26-43-40)32-22-20-30(21-23-32)42(2,3)4/h5-28H,1-4H3. The van der Waals surface area contributed by atoms with E-state index in [1.165, 1.54) is 10.9 Å². The number of pyridine rings is 2. The van der Waals surface area contributed by atoms with Gasteiger partial charge >= 0.3 is 0 Å². The molecule has 234 valence electrons. The van der Waals surface area contributed by atoms with E-state index < -0.39 is 0 Å². The summed E-state index contributed by atoms with van der Waals surface area (Å²) in [4.78, 5) is 9.30. The Hall–Kier alpha value is -6.01. The lowest BCUT2D eigenvalue weighted by Crippen LogP contribution is -2.15. The van der Waals surface area contributed by atoms with Crippen molar-refractivity contribution in [3.63, 3.8) is 0 Å². The minimum atomic E-state index is 0.0628. The molecule has 0 saturated heterocycles. The van der Waals surface area contributed by atoms with E-state index in [1.54, 1.807) is 0 Å². The van der Waals surface area contributed by atoms with E-state index in [4.69, 9.17) is 4.98 Å². The van der Waals surface area contributed by atoms with Crippen LogP contribution in [0.3, 0.4) is 0 Å². The predicted octanol–water partition coefficient (Wildman–Crippen LogP) is 11.0. The van der Waals surface area contributed by atoms with Gasteiger partial charge in [-0.3, -0.25) is 9.30 Å². The zero-order valence-electron chi connectivity index (χ0n) is 27.5. The number of hydrogen-bond donors (Lipinski definition) is 0. The zero-order chi connectivity index (χ0) is 32.8. The van der Waals surface area contributed by atoms with Crippen LogP contribution >= 0.6 is 0 Å². The molecule has 0 amide bonds. The summed E-state index contributed by atoms with van der Waals surface area (Å²) in [5.74, 6) is 1.72. The van der Waals surface area contributed by atoms with Gasteiger partial charge in [-0.15, -0.1) is 10.2 Å². The van der Waals surface area contributed by atoms with E-state index >= 15 is 0 Å². The molecule has 6 nitrogen and oxygen atoms in total. The summed E-state index contributed by atoms with van der Waals surface area (Å²) in [6.45, 7) is 8.73. The first-order valence-electron chi connectivity index (χ1n) is 16.3. The molecule has 48 heavy (non-hydrogen) atoms. The topological polar surface area (TPSA) is 49.6 Å². The van der Waals surface area contributed by atoms with Crippen molar-refractivity contribution in [2.45, 2.75) is 33.1 Å². The molecule has 0 aliphatic rings. The number of aryl methyl sites for hydroxylation is 1. The predicted molar refractivity (Wildman–Crippen MR) is 199 cm³/mol. The normalized spacial score (nSPS) is 11.8. The molecule has 5 aromatic carbocycles. The van der Waals surface area contributed by atoms with Gasteiger partial charge in [0.15, 0.2) is 5.65 Å². The molecule has 8 aromatic rings. The fraction of sp³-hybridized carbons (Fsp3) is 0.119. The van der Waals surface area contributed by atoms with Crippen molar-refractivity contribution in [3.05, 3.63) is 157 Å². The van der Waals surface area contributed by atoms with Crippen molar-refractivity contribution in [2.24, 2.45) is 0 Å². The Morgan fingerprint density at radius 2 is 1.17 bits per heavy atom. The van der Waals surface area contributed by atoms with Crippen LogP contribution in [0.15, 0.2) is 146 Å². The number of rotatable bonds is 6. The average molecular weight is 625 g/mol. The summed E-state index contributed by atoms with van der Waals surface area (Å²) >= 11 is 0. The van der Waals surface area contributed by atoms with Gasteiger partial charge in [-0.05, 0) is 96.1 Å². The van der Waals surface area contributed by atoms with Gasteiger partial charge in [0, 0.05) is 45.4 Å². The highest BCUT2D eigenvalue weighted by Gasteiger charge is 2.21. The van der Waals surface area contributed by atoms with Crippen LogP contribution in [-0.4, -0.2) is 19.6 Å². The van der Waals surface area contributed by atoms with Crippen LogP contribution in [0.1, 0.15) is 32.2 Å². The fourth-order valence-electron chi connectivity index (χ4n) is 6.62. The van der Waals surface area contributed by atoms with Gasteiger partial charge in [0.05, 0.1) is 5.52 Å². The van der Waals surface area contributed by atoms with Crippen LogP contribution in [0, 0.1) is 6.92 Å². The molecule has 0 saturated carbocycles. The molecule has 0 unspecified atom stereocenters. The molecule has 6 heteroatoms. The van der Waals surface area contributed by atoms with E-state index in [-0.39, 0.29) is 5.41 Å². The van der Waals surface area contributed by atoms with Crippen molar-refractivity contribution in [2.75, 3.05) is 9.80 Å². The van der Waals surface area contributed by atoms with E-state index in [0.29, 0.717) is 0 Å². The van der Waals surface area contributed by atoms with E-state index in [0.717, 1.165) is 62.0 Å². The Morgan fingerprint density at radius 1 is 0.521 bits per heavy atom. The van der Waals surface area contributed by atoms with E-state index in [9.17, 15) is 0 Å². The van der Waals surface area contributed by atoms with E-state index in [1.807, 2.05) is 25.3 Å². The van der Waals surface area contributed by atoms with Crippen LogP contribution in [0.4, 0.5) is 34.3 Å². The monoisotopic (exact) mass is 624 g/mol. The number of fused-ring (bicyclic) bond motifs is 6. The molecule has 0 fully saturated rings. The first kappa shape index (κ1) is 29.4. The van der Waals surface area contributed by atoms with Crippen molar-refractivity contribution >= 4 is 61.6 Å². The first-order chi connectivity index (χ1) is 23.4. The van der Waals surface area contributed by atoms with E-state index in [2.05, 4.69) is 173 Å². The third-order valence-electron chi connectivity index (χ3n) is 8.99.